The van der Waals surface area contributed by atoms with Crippen molar-refractivity contribution in [3.8, 4) is 0 Å². The molecule has 2 aliphatic rings. The van der Waals surface area contributed by atoms with Gasteiger partial charge in [-0.3, -0.25) is 4.79 Å². The molecular formula is C10H16O4. The Kier molecular flexibility index (Phi) is 2.49. The predicted molar refractivity (Wildman–Crippen MR) is 48.5 cm³/mol. The molecule has 2 fully saturated rings. The summed E-state index contributed by atoms with van der Waals surface area (Å²) in [6, 6.07) is 0. The van der Waals surface area contributed by atoms with Crippen molar-refractivity contribution in [3.05, 3.63) is 0 Å². The summed E-state index contributed by atoms with van der Waals surface area (Å²) in [5.74, 6) is -0.694. The molecule has 4 heteroatoms. The molecular weight excluding hydrogens is 184 g/mol. The quantitative estimate of drug-likeness (QED) is 0.688. The van der Waals surface area contributed by atoms with Crippen LogP contribution >= 0.6 is 0 Å². The summed E-state index contributed by atoms with van der Waals surface area (Å²) in [6.07, 6.45) is 3.19. The van der Waals surface area contributed by atoms with Crippen molar-refractivity contribution in [2.75, 3.05) is 6.61 Å². The van der Waals surface area contributed by atoms with Crippen LogP contribution in [-0.2, 0) is 14.6 Å². The Balaban J connectivity index is 2.10. The van der Waals surface area contributed by atoms with Crippen LogP contribution in [0.5, 0.6) is 0 Å². The van der Waals surface area contributed by atoms with Gasteiger partial charge in [0.05, 0.1) is 12.5 Å². The van der Waals surface area contributed by atoms with Gasteiger partial charge in [0.2, 0.25) is 0 Å². The molecule has 3 unspecified atom stereocenters. The third kappa shape index (κ3) is 1.53. The van der Waals surface area contributed by atoms with E-state index in [9.17, 15) is 4.79 Å². The van der Waals surface area contributed by atoms with E-state index in [1.54, 1.807) is 0 Å². The van der Waals surface area contributed by atoms with E-state index in [0.29, 0.717) is 13.0 Å². The zero-order chi connectivity index (χ0) is 10.2. The number of hydrogen-bond acceptors (Lipinski definition) is 3. The molecule has 0 aromatic carbocycles. The molecule has 2 rings (SSSR count). The number of aliphatic carboxylic acids is 1. The maximum absolute atomic E-state index is 11.0. The second kappa shape index (κ2) is 3.51. The first kappa shape index (κ1) is 9.93. The Morgan fingerprint density at radius 1 is 1.57 bits per heavy atom. The van der Waals surface area contributed by atoms with Crippen LogP contribution < -0.4 is 0 Å². The van der Waals surface area contributed by atoms with Gasteiger partial charge in [0.15, 0.2) is 0 Å². The van der Waals surface area contributed by atoms with Crippen molar-refractivity contribution >= 4 is 5.97 Å². The average molecular weight is 200 g/mol. The lowest BCUT2D eigenvalue weighted by Crippen LogP contribution is -2.24. The zero-order valence-corrected chi connectivity index (χ0v) is 8.36. The molecule has 4 nitrogen and oxygen atoms in total. The van der Waals surface area contributed by atoms with Crippen LogP contribution in [0, 0.1) is 11.8 Å². The second-order valence-corrected chi connectivity index (χ2v) is 4.36. The third-order valence-electron chi connectivity index (χ3n) is 3.51. The number of carbonyl (C=O) groups is 1. The van der Waals surface area contributed by atoms with Gasteiger partial charge in [-0.2, -0.15) is 0 Å². The van der Waals surface area contributed by atoms with E-state index < -0.39 is 5.97 Å². The number of carboxylic acids is 1. The highest BCUT2D eigenvalue weighted by Gasteiger charge is 2.51. The minimum absolute atomic E-state index is 0.245. The highest BCUT2D eigenvalue weighted by molar-refractivity contribution is 5.71. The molecule has 1 saturated carbocycles. The molecule has 0 aromatic heterocycles. The lowest BCUT2D eigenvalue weighted by atomic mass is 9.94. The van der Waals surface area contributed by atoms with Gasteiger partial charge in [-0.1, -0.05) is 13.3 Å². The normalized spacial score (nSPS) is 42.1. The van der Waals surface area contributed by atoms with E-state index in [2.05, 4.69) is 0 Å². The summed E-state index contributed by atoms with van der Waals surface area (Å²) in [7, 11) is 0. The minimum Gasteiger partial charge on any atom is -0.481 e. The summed E-state index contributed by atoms with van der Waals surface area (Å²) in [5, 5.41) is 9.06. The van der Waals surface area contributed by atoms with E-state index in [4.69, 9.17) is 14.9 Å². The number of hydrogen-bond donors (Lipinski definition) is 1. The molecule has 1 aliphatic heterocycles. The van der Waals surface area contributed by atoms with Crippen LogP contribution in [0.15, 0.2) is 0 Å². The van der Waals surface area contributed by atoms with Crippen LogP contribution in [-0.4, -0.2) is 23.3 Å². The summed E-state index contributed by atoms with van der Waals surface area (Å²) in [6.45, 7) is 2.64. The van der Waals surface area contributed by atoms with Gasteiger partial charge in [0, 0.05) is 6.42 Å². The van der Waals surface area contributed by atoms with Crippen molar-refractivity contribution in [2.45, 2.75) is 38.2 Å². The van der Waals surface area contributed by atoms with Gasteiger partial charge >= 0.3 is 5.97 Å². The Labute approximate surface area is 83.1 Å². The molecule has 14 heavy (non-hydrogen) atoms. The molecule has 80 valence electrons. The maximum atomic E-state index is 11.0. The van der Waals surface area contributed by atoms with Crippen LogP contribution in [0.25, 0.3) is 0 Å². The fourth-order valence-electron chi connectivity index (χ4n) is 2.70. The highest BCUT2D eigenvalue weighted by atomic mass is 17.2. The van der Waals surface area contributed by atoms with Crippen LogP contribution in [0.4, 0.5) is 0 Å². The number of rotatable bonds is 2. The molecule has 1 heterocycles. The number of carboxylic acid groups (broad SMARTS) is 1. The van der Waals surface area contributed by atoms with Gasteiger partial charge in [-0.05, 0) is 18.8 Å². The lowest BCUT2D eigenvalue weighted by molar-refractivity contribution is -0.308. The monoisotopic (exact) mass is 200 g/mol. The van der Waals surface area contributed by atoms with Gasteiger partial charge in [0.1, 0.15) is 5.60 Å². The van der Waals surface area contributed by atoms with Crippen molar-refractivity contribution in [1.82, 2.24) is 0 Å². The molecule has 0 radical (unpaired) electrons. The molecule has 0 bridgehead atoms. The van der Waals surface area contributed by atoms with Gasteiger partial charge in [-0.25, -0.2) is 9.78 Å². The fraction of sp³-hybridized carbons (Fsp3) is 0.900. The molecule has 1 saturated heterocycles. The predicted octanol–water partition coefficient (Wildman–Crippen LogP) is 1.60. The topological polar surface area (TPSA) is 55.8 Å². The molecule has 0 aromatic rings. The van der Waals surface area contributed by atoms with Crippen molar-refractivity contribution in [3.63, 3.8) is 0 Å². The zero-order valence-electron chi connectivity index (χ0n) is 8.36. The Morgan fingerprint density at radius 2 is 2.36 bits per heavy atom. The lowest BCUT2D eigenvalue weighted by Gasteiger charge is -2.18. The Morgan fingerprint density at radius 3 is 2.79 bits per heavy atom. The third-order valence-corrected chi connectivity index (χ3v) is 3.51. The van der Waals surface area contributed by atoms with Gasteiger partial charge in [-0.15, -0.1) is 0 Å². The highest BCUT2D eigenvalue weighted by Crippen LogP contribution is 2.47. The van der Waals surface area contributed by atoms with Crippen molar-refractivity contribution < 1.29 is 19.7 Å². The standard InChI is InChI=1S/C10H16O4/c1-2-7-5-10(3-4-13-14-10)6-8(7)9(11)12/h7-8H,2-6H2,1H3,(H,11,12). The van der Waals surface area contributed by atoms with E-state index in [0.717, 1.165) is 19.3 Å². The van der Waals surface area contributed by atoms with Crippen LogP contribution in [0.1, 0.15) is 32.6 Å². The van der Waals surface area contributed by atoms with Crippen molar-refractivity contribution in [1.29, 1.82) is 0 Å². The Bertz CT molecular complexity index is 232. The molecule has 0 amide bonds. The molecule has 1 aliphatic carbocycles. The average Bonchev–Trinajstić information content (AvgIpc) is 2.74. The first-order valence-electron chi connectivity index (χ1n) is 5.20. The second-order valence-electron chi connectivity index (χ2n) is 4.36. The SMILES string of the molecule is CCC1CC2(CCOO2)CC1C(=O)O. The maximum Gasteiger partial charge on any atom is 0.306 e. The summed E-state index contributed by atoms with van der Waals surface area (Å²) in [5.41, 5.74) is -0.288. The largest absolute Gasteiger partial charge is 0.481 e. The molecule has 1 spiro atoms. The summed E-state index contributed by atoms with van der Waals surface area (Å²) < 4.78 is 0. The van der Waals surface area contributed by atoms with Crippen LogP contribution in [0.2, 0.25) is 0 Å². The van der Waals surface area contributed by atoms with E-state index in [1.165, 1.54) is 0 Å². The van der Waals surface area contributed by atoms with E-state index >= 15 is 0 Å². The Hall–Kier alpha value is -0.610. The van der Waals surface area contributed by atoms with E-state index in [1.807, 2.05) is 6.92 Å². The van der Waals surface area contributed by atoms with Crippen molar-refractivity contribution in [2.24, 2.45) is 11.8 Å². The molecule has 1 N–H and O–H groups in total. The molecule has 3 atom stereocenters. The summed E-state index contributed by atoms with van der Waals surface area (Å²) >= 11 is 0. The summed E-state index contributed by atoms with van der Waals surface area (Å²) in [4.78, 5) is 21.2. The first-order valence-corrected chi connectivity index (χ1v) is 5.20. The van der Waals surface area contributed by atoms with Gasteiger partial charge < -0.3 is 5.11 Å². The van der Waals surface area contributed by atoms with Crippen LogP contribution in [0.3, 0.4) is 0 Å². The minimum atomic E-state index is -0.691. The fourth-order valence-corrected chi connectivity index (χ4v) is 2.70. The smallest absolute Gasteiger partial charge is 0.306 e. The van der Waals surface area contributed by atoms with E-state index in [-0.39, 0.29) is 17.4 Å². The van der Waals surface area contributed by atoms with Gasteiger partial charge in [0.25, 0.3) is 0 Å². The first-order chi connectivity index (χ1) is 6.67.